The lowest BCUT2D eigenvalue weighted by Gasteiger charge is -1.90. The van der Waals surface area contributed by atoms with Crippen LogP contribution in [0.15, 0.2) is 4.52 Å². The number of rotatable bonds is 4. The highest BCUT2D eigenvalue weighted by Crippen LogP contribution is 2.02. The third-order valence-corrected chi connectivity index (χ3v) is 1.26. The standard InChI is InChI=1S/C7H10N3O2/c1-5-9-7(10-12-5)4-2-3-6(8)11/h4H,2-3H2,1H3,(H2,8,11). The number of carbonyl (C=O) groups excluding carboxylic acids is 1. The van der Waals surface area contributed by atoms with Crippen LogP contribution in [0.4, 0.5) is 0 Å². The minimum absolute atomic E-state index is 0.313. The van der Waals surface area contributed by atoms with Crippen molar-refractivity contribution in [2.45, 2.75) is 19.8 Å². The van der Waals surface area contributed by atoms with Crippen LogP contribution in [-0.2, 0) is 4.79 Å². The molecule has 1 aromatic rings. The van der Waals surface area contributed by atoms with Crippen LogP contribution >= 0.6 is 0 Å². The molecule has 1 radical (unpaired) electrons. The minimum atomic E-state index is -0.327. The number of nitrogens with two attached hydrogens (primary N) is 1. The number of aryl methyl sites for hydroxylation is 1. The number of hydrogen-bond donors (Lipinski definition) is 1. The van der Waals surface area contributed by atoms with E-state index in [0.717, 1.165) is 0 Å². The highest BCUT2D eigenvalue weighted by molar-refractivity contribution is 5.73. The first-order chi connectivity index (χ1) is 5.68. The number of aromatic nitrogens is 2. The van der Waals surface area contributed by atoms with E-state index in [0.29, 0.717) is 24.6 Å². The number of nitrogens with zero attached hydrogens (tertiary/aromatic N) is 2. The molecule has 0 unspecified atom stereocenters. The van der Waals surface area contributed by atoms with Crippen LogP contribution in [0.3, 0.4) is 0 Å². The van der Waals surface area contributed by atoms with Gasteiger partial charge in [-0.2, -0.15) is 4.98 Å². The summed E-state index contributed by atoms with van der Waals surface area (Å²) in [5.74, 6) is 0.695. The number of primary amides is 1. The van der Waals surface area contributed by atoms with Gasteiger partial charge in [-0.25, -0.2) is 0 Å². The fraction of sp³-hybridized carbons (Fsp3) is 0.429. The summed E-state index contributed by atoms with van der Waals surface area (Å²) in [4.78, 5) is 14.3. The molecule has 0 atom stereocenters. The van der Waals surface area contributed by atoms with E-state index in [1.54, 1.807) is 13.3 Å². The Hall–Kier alpha value is -1.39. The molecule has 65 valence electrons. The molecule has 1 rings (SSSR count). The summed E-state index contributed by atoms with van der Waals surface area (Å²) < 4.78 is 4.71. The topological polar surface area (TPSA) is 82.0 Å². The second-order valence-corrected chi connectivity index (χ2v) is 2.38. The van der Waals surface area contributed by atoms with E-state index < -0.39 is 0 Å². The van der Waals surface area contributed by atoms with Gasteiger partial charge in [-0.1, -0.05) is 5.16 Å². The van der Waals surface area contributed by atoms with Crippen molar-refractivity contribution in [1.29, 1.82) is 0 Å². The Morgan fingerprint density at radius 3 is 3.00 bits per heavy atom. The Kier molecular flexibility index (Phi) is 2.79. The monoisotopic (exact) mass is 168 g/mol. The SMILES string of the molecule is Cc1nc([CH]CCC(N)=O)no1. The van der Waals surface area contributed by atoms with Crippen LogP contribution < -0.4 is 5.73 Å². The Labute approximate surface area is 69.9 Å². The lowest BCUT2D eigenvalue weighted by Crippen LogP contribution is -2.09. The quantitative estimate of drug-likeness (QED) is 0.696. The molecule has 0 saturated heterocycles. The molecular formula is C7H10N3O2. The number of carbonyl (C=O) groups is 1. The van der Waals surface area contributed by atoms with E-state index in [2.05, 4.69) is 10.1 Å². The molecule has 0 aliphatic rings. The molecular weight excluding hydrogens is 158 g/mol. The number of amides is 1. The highest BCUT2D eigenvalue weighted by atomic mass is 16.5. The lowest BCUT2D eigenvalue weighted by atomic mass is 10.2. The van der Waals surface area contributed by atoms with Gasteiger partial charge in [0.05, 0.1) is 0 Å². The first-order valence-electron chi connectivity index (χ1n) is 3.60. The molecule has 12 heavy (non-hydrogen) atoms. The summed E-state index contributed by atoms with van der Waals surface area (Å²) in [5, 5.41) is 3.62. The van der Waals surface area contributed by atoms with Gasteiger partial charge < -0.3 is 10.3 Å². The van der Waals surface area contributed by atoms with E-state index in [-0.39, 0.29) is 5.91 Å². The van der Waals surface area contributed by atoms with Crippen LogP contribution in [0.1, 0.15) is 24.6 Å². The van der Waals surface area contributed by atoms with Gasteiger partial charge >= 0.3 is 0 Å². The summed E-state index contributed by atoms with van der Waals surface area (Å²) in [7, 11) is 0. The first-order valence-corrected chi connectivity index (χ1v) is 3.60. The smallest absolute Gasteiger partial charge is 0.223 e. The van der Waals surface area contributed by atoms with Gasteiger partial charge in [-0.3, -0.25) is 4.79 Å². The Bertz CT molecular complexity index is 269. The van der Waals surface area contributed by atoms with Gasteiger partial charge in [-0.15, -0.1) is 0 Å². The van der Waals surface area contributed by atoms with Crippen molar-refractivity contribution in [3.8, 4) is 0 Å². The maximum atomic E-state index is 10.3. The Balaban J connectivity index is 2.29. The van der Waals surface area contributed by atoms with Crippen LogP contribution in [0.25, 0.3) is 0 Å². The van der Waals surface area contributed by atoms with Crippen molar-refractivity contribution in [1.82, 2.24) is 10.1 Å². The number of hydrogen-bond acceptors (Lipinski definition) is 4. The molecule has 0 spiro atoms. The van der Waals surface area contributed by atoms with Crippen LogP contribution in [0.2, 0.25) is 0 Å². The lowest BCUT2D eigenvalue weighted by molar-refractivity contribution is -0.117. The zero-order chi connectivity index (χ0) is 8.97. The largest absolute Gasteiger partial charge is 0.370 e. The molecule has 2 N–H and O–H groups in total. The second kappa shape index (κ2) is 3.85. The normalized spacial score (nSPS) is 10.1. The average molecular weight is 168 g/mol. The summed E-state index contributed by atoms with van der Waals surface area (Å²) >= 11 is 0. The Morgan fingerprint density at radius 1 is 1.75 bits per heavy atom. The first kappa shape index (κ1) is 8.70. The zero-order valence-electron chi connectivity index (χ0n) is 6.78. The van der Waals surface area contributed by atoms with Gasteiger partial charge in [0.2, 0.25) is 11.8 Å². The van der Waals surface area contributed by atoms with Gasteiger partial charge in [0, 0.05) is 19.8 Å². The third-order valence-electron chi connectivity index (χ3n) is 1.26. The highest BCUT2D eigenvalue weighted by Gasteiger charge is 2.02. The van der Waals surface area contributed by atoms with Crippen molar-refractivity contribution in [3.05, 3.63) is 18.1 Å². The van der Waals surface area contributed by atoms with Crippen LogP contribution in [-0.4, -0.2) is 16.0 Å². The van der Waals surface area contributed by atoms with Gasteiger partial charge in [0.25, 0.3) is 0 Å². The van der Waals surface area contributed by atoms with E-state index in [1.165, 1.54) is 0 Å². The third kappa shape index (κ3) is 2.69. The molecule has 0 aromatic carbocycles. The van der Waals surface area contributed by atoms with Crippen molar-refractivity contribution in [2.75, 3.05) is 0 Å². The molecule has 0 aliphatic heterocycles. The molecule has 0 fully saturated rings. The predicted molar refractivity (Wildman–Crippen MR) is 40.9 cm³/mol. The van der Waals surface area contributed by atoms with Gasteiger partial charge in [0.1, 0.15) is 0 Å². The van der Waals surface area contributed by atoms with E-state index in [4.69, 9.17) is 10.3 Å². The van der Waals surface area contributed by atoms with Crippen molar-refractivity contribution < 1.29 is 9.32 Å². The fourth-order valence-corrected chi connectivity index (χ4v) is 0.741. The summed E-state index contributed by atoms with van der Waals surface area (Å²) in [6.45, 7) is 1.71. The van der Waals surface area contributed by atoms with E-state index in [9.17, 15) is 4.79 Å². The predicted octanol–water partition coefficient (Wildman–Crippen LogP) is 0.196. The summed E-state index contributed by atoms with van der Waals surface area (Å²) in [6.07, 6.45) is 2.57. The van der Waals surface area contributed by atoms with E-state index in [1.807, 2.05) is 0 Å². The van der Waals surface area contributed by atoms with Crippen molar-refractivity contribution in [3.63, 3.8) is 0 Å². The summed E-state index contributed by atoms with van der Waals surface area (Å²) in [5.41, 5.74) is 4.94. The molecule has 5 nitrogen and oxygen atoms in total. The maximum Gasteiger partial charge on any atom is 0.223 e. The zero-order valence-corrected chi connectivity index (χ0v) is 6.78. The Morgan fingerprint density at radius 2 is 2.50 bits per heavy atom. The minimum Gasteiger partial charge on any atom is -0.370 e. The van der Waals surface area contributed by atoms with Crippen molar-refractivity contribution >= 4 is 5.91 Å². The maximum absolute atomic E-state index is 10.3. The molecule has 1 amide bonds. The average Bonchev–Trinajstić information content (AvgIpc) is 2.35. The summed E-state index contributed by atoms with van der Waals surface area (Å²) in [6, 6.07) is 0. The van der Waals surface area contributed by atoms with Crippen LogP contribution in [0.5, 0.6) is 0 Å². The molecule has 0 aliphatic carbocycles. The molecule has 1 heterocycles. The molecule has 0 saturated carbocycles. The molecule has 1 aromatic heterocycles. The van der Waals surface area contributed by atoms with Crippen molar-refractivity contribution in [2.24, 2.45) is 5.73 Å². The van der Waals surface area contributed by atoms with Gasteiger partial charge in [-0.05, 0) is 6.42 Å². The molecule has 0 bridgehead atoms. The van der Waals surface area contributed by atoms with E-state index >= 15 is 0 Å². The van der Waals surface area contributed by atoms with Crippen LogP contribution in [0, 0.1) is 13.3 Å². The fourth-order valence-electron chi connectivity index (χ4n) is 0.741. The van der Waals surface area contributed by atoms with Gasteiger partial charge in [0.15, 0.2) is 5.82 Å². The molecule has 5 heteroatoms. The second-order valence-electron chi connectivity index (χ2n) is 2.38.